The van der Waals surface area contributed by atoms with Gasteiger partial charge in [0.2, 0.25) is 0 Å². The Morgan fingerprint density at radius 1 is 1.04 bits per heavy atom. The molecule has 2 aromatic carbocycles. The molecule has 0 aromatic heterocycles. The molecule has 0 aliphatic carbocycles. The quantitative estimate of drug-likeness (QED) is 0.475. The molecule has 0 radical (unpaired) electrons. The Balaban J connectivity index is 2.07. The highest BCUT2D eigenvalue weighted by atomic mass is 79.9. The van der Waals surface area contributed by atoms with Crippen molar-refractivity contribution in [2.45, 2.75) is 39.8 Å². The molecule has 0 aliphatic heterocycles. The van der Waals surface area contributed by atoms with Gasteiger partial charge in [-0.15, -0.1) is 0 Å². The molecule has 1 N–H and O–H groups in total. The van der Waals surface area contributed by atoms with Gasteiger partial charge in [0.25, 0.3) is 0 Å². The van der Waals surface area contributed by atoms with Crippen molar-refractivity contribution in [3.63, 3.8) is 0 Å². The predicted octanol–water partition coefficient (Wildman–Crippen LogP) is 5.97. The zero-order chi connectivity index (χ0) is 18.1. The van der Waals surface area contributed by atoms with Crippen molar-refractivity contribution >= 4 is 27.5 Å². The van der Waals surface area contributed by atoms with Gasteiger partial charge in [-0.05, 0) is 55.3 Å². The molecular weight excluding hydrogens is 402 g/mol. The molecule has 136 valence electrons. The van der Waals surface area contributed by atoms with E-state index in [2.05, 4.69) is 28.2 Å². The molecule has 0 unspecified atom stereocenters. The highest BCUT2D eigenvalue weighted by molar-refractivity contribution is 9.10. The van der Waals surface area contributed by atoms with Crippen LogP contribution in [0.5, 0.6) is 11.5 Å². The maximum atomic E-state index is 5.98. The van der Waals surface area contributed by atoms with E-state index in [4.69, 9.17) is 21.1 Å². The summed E-state index contributed by atoms with van der Waals surface area (Å²) >= 11 is 9.57. The fourth-order valence-corrected chi connectivity index (χ4v) is 2.95. The van der Waals surface area contributed by atoms with Gasteiger partial charge in [-0.1, -0.05) is 53.0 Å². The largest absolute Gasteiger partial charge is 0.490 e. The summed E-state index contributed by atoms with van der Waals surface area (Å²) in [6.45, 7) is 7.06. The number of hydrogen-bond donors (Lipinski definition) is 1. The third-order valence-corrected chi connectivity index (χ3v) is 4.73. The average Bonchev–Trinajstić information content (AvgIpc) is 2.61. The maximum absolute atomic E-state index is 5.98. The molecule has 0 aliphatic rings. The van der Waals surface area contributed by atoms with E-state index in [1.54, 1.807) is 0 Å². The van der Waals surface area contributed by atoms with Gasteiger partial charge in [0, 0.05) is 16.0 Å². The van der Waals surface area contributed by atoms with Gasteiger partial charge in [0.1, 0.15) is 6.61 Å². The predicted molar refractivity (Wildman–Crippen MR) is 108 cm³/mol. The van der Waals surface area contributed by atoms with Crippen molar-refractivity contribution in [3.8, 4) is 11.5 Å². The lowest BCUT2D eigenvalue weighted by atomic mass is 10.2. The molecular formula is C20H25BrClNO2. The first-order valence-electron chi connectivity index (χ1n) is 8.67. The third kappa shape index (κ3) is 6.53. The van der Waals surface area contributed by atoms with Gasteiger partial charge in [-0.25, -0.2) is 0 Å². The molecule has 3 nitrogen and oxygen atoms in total. The Hall–Kier alpha value is -1.23. The van der Waals surface area contributed by atoms with Gasteiger partial charge < -0.3 is 14.8 Å². The first-order valence-corrected chi connectivity index (χ1v) is 9.84. The summed E-state index contributed by atoms with van der Waals surface area (Å²) in [5.41, 5.74) is 2.23. The Morgan fingerprint density at radius 3 is 2.44 bits per heavy atom. The smallest absolute Gasteiger partial charge is 0.162 e. The summed E-state index contributed by atoms with van der Waals surface area (Å²) in [5, 5.41) is 4.18. The summed E-state index contributed by atoms with van der Waals surface area (Å²) in [6.07, 6.45) is 2.37. The lowest BCUT2D eigenvalue weighted by Crippen LogP contribution is -2.15. The van der Waals surface area contributed by atoms with E-state index in [0.717, 1.165) is 39.6 Å². The van der Waals surface area contributed by atoms with Crippen LogP contribution >= 0.6 is 27.5 Å². The fraction of sp³-hybridized carbons (Fsp3) is 0.400. The monoisotopic (exact) mass is 425 g/mol. The zero-order valence-corrected chi connectivity index (χ0v) is 17.1. The lowest BCUT2D eigenvalue weighted by molar-refractivity contribution is 0.269. The minimum atomic E-state index is 0.470. The van der Waals surface area contributed by atoms with Crippen LogP contribution in [0.25, 0.3) is 0 Å². The Morgan fingerprint density at radius 2 is 1.76 bits per heavy atom. The van der Waals surface area contributed by atoms with Gasteiger partial charge in [0.05, 0.1) is 6.61 Å². The number of rotatable bonds is 10. The van der Waals surface area contributed by atoms with Crippen LogP contribution < -0.4 is 14.8 Å². The number of ether oxygens (including phenoxy) is 2. The molecule has 0 heterocycles. The van der Waals surface area contributed by atoms with Crippen LogP contribution in [0.15, 0.2) is 40.9 Å². The summed E-state index contributed by atoms with van der Waals surface area (Å²) in [5.74, 6) is 1.51. The standard InChI is InChI=1S/C20H25BrClNO2/c1-3-5-10-23-13-16-11-19(24-4-2)20(12-18(16)21)25-14-15-6-8-17(22)9-7-15/h6-9,11-12,23H,3-5,10,13-14H2,1-2H3. The van der Waals surface area contributed by atoms with E-state index in [1.165, 1.54) is 18.4 Å². The number of hydrogen-bond acceptors (Lipinski definition) is 3. The molecule has 0 bridgehead atoms. The van der Waals surface area contributed by atoms with Crippen molar-refractivity contribution in [2.75, 3.05) is 13.2 Å². The van der Waals surface area contributed by atoms with Crippen LogP contribution in [0.3, 0.4) is 0 Å². The van der Waals surface area contributed by atoms with Crippen LogP contribution in [0.2, 0.25) is 5.02 Å². The lowest BCUT2D eigenvalue weighted by Gasteiger charge is -2.15. The highest BCUT2D eigenvalue weighted by Crippen LogP contribution is 2.34. The number of benzene rings is 2. The fourth-order valence-electron chi connectivity index (χ4n) is 2.36. The van der Waals surface area contributed by atoms with E-state index in [0.29, 0.717) is 13.2 Å². The molecule has 25 heavy (non-hydrogen) atoms. The first-order chi connectivity index (χ1) is 12.1. The van der Waals surface area contributed by atoms with Crippen molar-refractivity contribution < 1.29 is 9.47 Å². The minimum Gasteiger partial charge on any atom is -0.490 e. The normalized spacial score (nSPS) is 10.7. The average molecular weight is 427 g/mol. The Bertz CT molecular complexity index is 661. The van der Waals surface area contributed by atoms with Gasteiger partial charge in [0.15, 0.2) is 11.5 Å². The summed E-state index contributed by atoms with van der Waals surface area (Å²) < 4.78 is 12.8. The number of unbranched alkanes of at least 4 members (excludes halogenated alkanes) is 1. The Labute approximate surface area is 163 Å². The SMILES string of the molecule is CCCCNCc1cc(OCC)c(OCc2ccc(Cl)cc2)cc1Br. The second kappa shape index (κ2) is 10.7. The van der Waals surface area contributed by atoms with Gasteiger partial charge >= 0.3 is 0 Å². The second-order valence-electron chi connectivity index (χ2n) is 5.77. The van der Waals surface area contributed by atoms with E-state index < -0.39 is 0 Å². The summed E-state index contributed by atoms with van der Waals surface area (Å²) in [7, 11) is 0. The number of halogens is 2. The molecule has 0 saturated heterocycles. The van der Waals surface area contributed by atoms with E-state index in [1.807, 2.05) is 43.3 Å². The van der Waals surface area contributed by atoms with Crippen LogP contribution in [0.4, 0.5) is 0 Å². The molecule has 5 heteroatoms. The second-order valence-corrected chi connectivity index (χ2v) is 7.06. The molecule has 0 atom stereocenters. The molecule has 0 amide bonds. The Kier molecular flexibility index (Phi) is 8.59. The topological polar surface area (TPSA) is 30.5 Å². The third-order valence-electron chi connectivity index (χ3n) is 3.74. The molecule has 0 saturated carbocycles. The summed E-state index contributed by atoms with van der Waals surface area (Å²) in [6, 6.07) is 11.7. The van der Waals surface area contributed by atoms with Crippen molar-refractivity contribution in [3.05, 3.63) is 57.0 Å². The van der Waals surface area contributed by atoms with Crippen LogP contribution in [-0.2, 0) is 13.2 Å². The van der Waals surface area contributed by atoms with Crippen LogP contribution in [-0.4, -0.2) is 13.2 Å². The minimum absolute atomic E-state index is 0.470. The van der Waals surface area contributed by atoms with Crippen molar-refractivity contribution in [1.82, 2.24) is 5.32 Å². The van der Waals surface area contributed by atoms with E-state index in [9.17, 15) is 0 Å². The number of nitrogens with one attached hydrogen (secondary N) is 1. The van der Waals surface area contributed by atoms with Gasteiger partial charge in [-0.3, -0.25) is 0 Å². The summed E-state index contributed by atoms with van der Waals surface area (Å²) in [4.78, 5) is 0. The molecule has 0 spiro atoms. The zero-order valence-electron chi connectivity index (χ0n) is 14.8. The van der Waals surface area contributed by atoms with Gasteiger partial charge in [-0.2, -0.15) is 0 Å². The highest BCUT2D eigenvalue weighted by Gasteiger charge is 2.11. The van der Waals surface area contributed by atoms with Crippen molar-refractivity contribution in [2.24, 2.45) is 0 Å². The first kappa shape index (κ1) is 20.1. The van der Waals surface area contributed by atoms with Crippen LogP contribution in [0, 0.1) is 0 Å². The molecule has 2 rings (SSSR count). The van der Waals surface area contributed by atoms with Crippen LogP contribution in [0.1, 0.15) is 37.8 Å². The molecule has 0 fully saturated rings. The maximum Gasteiger partial charge on any atom is 0.162 e. The van der Waals surface area contributed by atoms with Crippen molar-refractivity contribution in [1.29, 1.82) is 0 Å². The van der Waals surface area contributed by atoms with E-state index in [-0.39, 0.29) is 0 Å². The van der Waals surface area contributed by atoms with E-state index >= 15 is 0 Å². The molecule has 2 aromatic rings.